The molecule has 0 saturated carbocycles. The van der Waals surface area contributed by atoms with Crippen LogP contribution in [-0.2, 0) is 11.2 Å². The van der Waals surface area contributed by atoms with Crippen molar-refractivity contribution in [3.8, 4) is 11.5 Å². The van der Waals surface area contributed by atoms with Gasteiger partial charge in [-0.05, 0) is 70.7 Å². The zero-order chi connectivity index (χ0) is 35.6. The molecule has 2 aliphatic heterocycles. The first-order valence-electron chi connectivity index (χ1n) is 16.8. The quantitative estimate of drug-likeness (QED) is 0.212. The van der Waals surface area contributed by atoms with E-state index in [2.05, 4.69) is 15.3 Å². The lowest BCUT2D eigenvalue weighted by Gasteiger charge is -2.34. The first kappa shape index (κ1) is 35.2. The highest BCUT2D eigenvalue weighted by Crippen LogP contribution is 2.36. The van der Waals surface area contributed by atoms with Crippen molar-refractivity contribution < 1.29 is 33.0 Å². The van der Waals surface area contributed by atoms with Crippen LogP contribution < -0.4 is 5.32 Å². The highest BCUT2D eigenvalue weighted by atomic mass is 32.1. The fourth-order valence-electron chi connectivity index (χ4n) is 6.64. The van der Waals surface area contributed by atoms with E-state index in [9.17, 15) is 23.9 Å². The molecule has 2 aliphatic rings. The van der Waals surface area contributed by atoms with Crippen molar-refractivity contribution in [1.29, 1.82) is 0 Å². The third-order valence-electron chi connectivity index (χ3n) is 8.90. The summed E-state index contributed by atoms with van der Waals surface area (Å²) < 4.78 is 25.9. The third-order valence-corrected chi connectivity index (χ3v) is 9.96. The summed E-state index contributed by atoms with van der Waals surface area (Å²) in [5.41, 5.74) is 1.75. The normalized spacial score (nSPS) is 20.5. The molecule has 4 heterocycles. The van der Waals surface area contributed by atoms with Gasteiger partial charge in [0.05, 0.1) is 37.0 Å². The number of carbonyl (C=O) groups excluding carboxylic acids is 3. The summed E-state index contributed by atoms with van der Waals surface area (Å²) in [4.78, 5) is 53.2. The van der Waals surface area contributed by atoms with Crippen LogP contribution in [0.5, 0.6) is 0 Å². The summed E-state index contributed by atoms with van der Waals surface area (Å²) in [5.74, 6) is -0.591. The van der Waals surface area contributed by atoms with E-state index in [0.29, 0.717) is 12.1 Å². The second kappa shape index (κ2) is 14.7. The van der Waals surface area contributed by atoms with Crippen LogP contribution in [0.1, 0.15) is 83.1 Å². The van der Waals surface area contributed by atoms with Crippen molar-refractivity contribution in [3.63, 3.8) is 0 Å². The lowest BCUT2D eigenvalue weighted by molar-refractivity contribution is -0.00173. The molecule has 6 rings (SSSR count). The van der Waals surface area contributed by atoms with Gasteiger partial charge in [-0.15, -0.1) is 11.3 Å². The first-order chi connectivity index (χ1) is 23.9. The summed E-state index contributed by atoms with van der Waals surface area (Å²) in [6, 6.07) is 12.0. The van der Waals surface area contributed by atoms with E-state index in [1.165, 1.54) is 34.8 Å². The Bertz CT molecular complexity index is 1810. The van der Waals surface area contributed by atoms with Gasteiger partial charge in [-0.1, -0.05) is 30.3 Å². The molecule has 4 aromatic rings. The zero-order valence-corrected chi connectivity index (χ0v) is 29.4. The number of alkyl halides is 1. The summed E-state index contributed by atoms with van der Waals surface area (Å²) >= 11 is 1.52. The lowest BCUT2D eigenvalue weighted by Crippen LogP contribution is -2.54. The molecule has 0 spiro atoms. The number of nitrogens with one attached hydrogen (secondary N) is 1. The number of halogens is 1. The van der Waals surface area contributed by atoms with Crippen LogP contribution in [0.3, 0.4) is 0 Å². The molecule has 13 heteroatoms. The minimum absolute atomic E-state index is 0.116. The monoisotopic (exact) mass is 703 g/mol. The van der Waals surface area contributed by atoms with Gasteiger partial charge < -0.3 is 24.5 Å². The smallest absolute Gasteiger partial charge is 0.410 e. The molecular weight excluding hydrogens is 662 g/mol. The maximum atomic E-state index is 14.9. The maximum absolute atomic E-state index is 14.9. The van der Waals surface area contributed by atoms with E-state index >= 15 is 0 Å². The summed E-state index contributed by atoms with van der Waals surface area (Å²) in [6.07, 6.45) is 1.11. The molecule has 2 aromatic carbocycles. The number of aliphatic hydroxyl groups is 1. The highest BCUT2D eigenvalue weighted by molar-refractivity contribution is 7.09. The molecule has 264 valence electrons. The fourth-order valence-corrected chi connectivity index (χ4v) is 7.58. The van der Waals surface area contributed by atoms with Crippen LogP contribution in [-0.4, -0.2) is 85.8 Å². The maximum Gasteiger partial charge on any atom is 0.410 e. The van der Waals surface area contributed by atoms with Crippen LogP contribution >= 0.6 is 11.3 Å². The van der Waals surface area contributed by atoms with Gasteiger partial charge in [0.1, 0.15) is 23.0 Å². The van der Waals surface area contributed by atoms with Crippen molar-refractivity contribution >= 4 is 29.2 Å². The number of hydrogen-bond acceptors (Lipinski definition) is 9. The van der Waals surface area contributed by atoms with Gasteiger partial charge >= 0.3 is 6.09 Å². The predicted molar refractivity (Wildman–Crippen MR) is 185 cm³/mol. The van der Waals surface area contributed by atoms with Crippen LogP contribution in [0.15, 0.2) is 70.8 Å². The average Bonchev–Trinajstić information content (AvgIpc) is 3.91. The molecule has 2 aromatic heterocycles. The molecule has 2 fully saturated rings. The number of likely N-dealkylation sites (tertiary alicyclic amines) is 2. The van der Waals surface area contributed by atoms with E-state index in [1.54, 1.807) is 37.8 Å². The molecule has 50 heavy (non-hydrogen) atoms. The molecule has 5 atom stereocenters. The van der Waals surface area contributed by atoms with Crippen molar-refractivity contribution in [2.24, 2.45) is 0 Å². The Balaban J connectivity index is 1.31. The van der Waals surface area contributed by atoms with Gasteiger partial charge in [0, 0.05) is 40.7 Å². The summed E-state index contributed by atoms with van der Waals surface area (Å²) in [7, 11) is 0. The Kier molecular flexibility index (Phi) is 10.4. The van der Waals surface area contributed by atoms with E-state index < -0.39 is 42.0 Å². The Morgan fingerprint density at radius 3 is 2.58 bits per heavy atom. The largest absolute Gasteiger partial charge is 0.445 e. The van der Waals surface area contributed by atoms with E-state index in [-0.39, 0.29) is 48.4 Å². The fraction of sp³-hybridized carbons (Fsp3) is 0.432. The minimum Gasteiger partial charge on any atom is -0.445 e. The highest BCUT2D eigenvalue weighted by Gasteiger charge is 2.44. The third kappa shape index (κ3) is 8.05. The molecule has 11 nitrogen and oxygen atoms in total. The number of ether oxygens (including phenoxy) is 1. The number of benzene rings is 2. The number of thiazole rings is 1. The van der Waals surface area contributed by atoms with Gasteiger partial charge in [-0.25, -0.2) is 19.2 Å². The molecule has 0 bridgehead atoms. The topological polar surface area (TPSA) is 138 Å². The second-order valence-electron chi connectivity index (χ2n) is 13.9. The number of rotatable bonds is 9. The number of amides is 3. The number of hydrogen-bond donors (Lipinski definition) is 2. The average molecular weight is 704 g/mol. The molecule has 0 unspecified atom stereocenters. The second-order valence-corrected chi connectivity index (χ2v) is 14.8. The predicted octanol–water partition coefficient (Wildman–Crippen LogP) is 6.13. The van der Waals surface area contributed by atoms with Gasteiger partial charge in [0.2, 0.25) is 5.89 Å². The van der Waals surface area contributed by atoms with Gasteiger partial charge in [-0.2, -0.15) is 0 Å². The molecule has 2 N–H and O–H groups in total. The van der Waals surface area contributed by atoms with E-state index in [1.807, 2.05) is 42.6 Å². The van der Waals surface area contributed by atoms with Crippen molar-refractivity contribution in [1.82, 2.24) is 25.1 Å². The standard InChI is InChI=1S/C37H42FN5O6S/c1-22-21-50-34(40-22)29-11-8-13-42(29)35(46)26-17-24(16-25(18-26)33-39-12-14-48-33)32(45)41-28(15-23-9-6-5-7-10-23)31(44)30-19-27(38)20-43(30)36(47)49-37(2,3)4/h5-7,9-10,12,14,16-18,21,27-31,44H,8,11,13,15,19-20H2,1-4H3,(H,41,45)/t27-,28-,29+,30+,31-/m0/s1. The van der Waals surface area contributed by atoms with Crippen LogP contribution in [0.2, 0.25) is 0 Å². The summed E-state index contributed by atoms with van der Waals surface area (Å²) in [6.45, 7) is 7.38. The molecule has 2 saturated heterocycles. The Morgan fingerprint density at radius 1 is 1.14 bits per heavy atom. The van der Waals surface area contributed by atoms with Gasteiger partial charge in [0.25, 0.3) is 11.8 Å². The lowest BCUT2D eigenvalue weighted by atomic mass is 9.94. The molecular formula is C37H42FN5O6S. The number of nitrogens with zero attached hydrogens (tertiary/aromatic N) is 4. The number of oxazole rings is 1. The number of aryl methyl sites for hydroxylation is 1. The Labute approximate surface area is 294 Å². The van der Waals surface area contributed by atoms with E-state index in [0.717, 1.165) is 29.1 Å². The van der Waals surface area contributed by atoms with Crippen molar-refractivity contribution in [2.75, 3.05) is 13.1 Å². The van der Waals surface area contributed by atoms with Crippen molar-refractivity contribution in [3.05, 3.63) is 93.8 Å². The Morgan fingerprint density at radius 2 is 1.90 bits per heavy atom. The summed E-state index contributed by atoms with van der Waals surface area (Å²) in [5, 5.41) is 17.6. The van der Waals surface area contributed by atoms with Crippen LogP contribution in [0, 0.1) is 6.92 Å². The first-order valence-corrected chi connectivity index (χ1v) is 17.7. The molecule has 0 radical (unpaired) electrons. The minimum atomic E-state index is -1.37. The van der Waals surface area contributed by atoms with Crippen LogP contribution in [0.4, 0.5) is 9.18 Å². The van der Waals surface area contributed by atoms with Gasteiger partial charge in [0.15, 0.2) is 0 Å². The van der Waals surface area contributed by atoms with Crippen molar-refractivity contribution in [2.45, 2.75) is 89.4 Å². The Hall–Kier alpha value is -4.62. The van der Waals surface area contributed by atoms with Crippen LogP contribution in [0.25, 0.3) is 11.5 Å². The molecule has 3 amide bonds. The van der Waals surface area contributed by atoms with Gasteiger partial charge in [-0.3, -0.25) is 14.5 Å². The molecule has 0 aliphatic carbocycles. The number of carbonyl (C=O) groups is 3. The number of aromatic nitrogens is 2. The number of aliphatic hydroxyl groups excluding tert-OH is 1. The SMILES string of the molecule is Cc1csc([C@H]2CCCN2C(=O)c2cc(C(=O)N[C@@H](Cc3ccccc3)[C@H](O)[C@H]3C[C@H](F)CN3C(=O)OC(C)(C)C)cc(-c3ncco3)c2)n1. The van der Waals surface area contributed by atoms with E-state index in [4.69, 9.17) is 9.15 Å². The zero-order valence-electron chi connectivity index (χ0n) is 28.5.